The highest BCUT2D eigenvalue weighted by Crippen LogP contribution is 2.37. The molecule has 0 radical (unpaired) electrons. The highest BCUT2D eigenvalue weighted by molar-refractivity contribution is 4.81. The van der Waals surface area contributed by atoms with Gasteiger partial charge in [-0.15, -0.1) is 0 Å². The number of ether oxygens (including phenoxy) is 2. The minimum absolute atomic E-state index is 0.340. The van der Waals surface area contributed by atoms with Crippen LogP contribution in [0.2, 0.25) is 0 Å². The number of hydrogen-bond acceptors (Lipinski definition) is 2. The smallest absolute Gasteiger partial charge is 0.171 e. The first-order chi connectivity index (χ1) is 13.7. The van der Waals surface area contributed by atoms with Crippen LogP contribution in [0.1, 0.15) is 144 Å². The number of unbranched alkanes of at least 4 members (excludes halogenated alkanes) is 11. The highest BCUT2D eigenvalue weighted by Gasteiger charge is 2.39. The zero-order valence-corrected chi connectivity index (χ0v) is 20.3. The van der Waals surface area contributed by atoms with Crippen LogP contribution in [0.3, 0.4) is 0 Å². The summed E-state index contributed by atoms with van der Waals surface area (Å²) in [7, 11) is 0. The van der Waals surface area contributed by atoms with Crippen LogP contribution in [0.4, 0.5) is 0 Å². The SMILES string of the molecule is CCCCCCCCC(CCCCCC)C(CCCCCC)(OCC)OCC. The van der Waals surface area contributed by atoms with Gasteiger partial charge in [0.2, 0.25) is 0 Å². The summed E-state index contributed by atoms with van der Waals surface area (Å²) in [6.07, 6.45) is 22.3. The van der Waals surface area contributed by atoms with Gasteiger partial charge in [0.05, 0.1) is 0 Å². The van der Waals surface area contributed by atoms with Crippen LogP contribution in [0.5, 0.6) is 0 Å². The van der Waals surface area contributed by atoms with Crippen LogP contribution >= 0.6 is 0 Å². The maximum atomic E-state index is 6.44. The van der Waals surface area contributed by atoms with Gasteiger partial charge in [-0.1, -0.05) is 104 Å². The molecule has 1 atom stereocenters. The average Bonchev–Trinajstić information content (AvgIpc) is 2.69. The van der Waals surface area contributed by atoms with E-state index in [4.69, 9.17) is 9.47 Å². The quantitative estimate of drug-likeness (QED) is 0.134. The molecule has 0 fully saturated rings. The summed E-state index contributed by atoms with van der Waals surface area (Å²) in [5.41, 5.74) is 0. The second-order valence-electron chi connectivity index (χ2n) is 8.59. The van der Waals surface area contributed by atoms with Crippen molar-refractivity contribution < 1.29 is 9.47 Å². The zero-order valence-electron chi connectivity index (χ0n) is 20.3. The van der Waals surface area contributed by atoms with Crippen LogP contribution in [0.25, 0.3) is 0 Å². The molecule has 0 aliphatic rings. The summed E-state index contributed by atoms with van der Waals surface area (Å²) in [6, 6.07) is 0. The predicted octanol–water partition coefficient (Wildman–Crippen LogP) is 9.06. The normalized spacial score (nSPS) is 13.2. The van der Waals surface area contributed by atoms with Crippen LogP contribution in [-0.4, -0.2) is 19.0 Å². The Hall–Kier alpha value is -0.0800. The molecule has 170 valence electrons. The molecule has 0 N–H and O–H groups in total. The molecule has 2 heteroatoms. The number of rotatable bonds is 22. The summed E-state index contributed by atoms with van der Waals surface area (Å²) >= 11 is 0. The molecule has 1 unspecified atom stereocenters. The van der Waals surface area contributed by atoms with Crippen molar-refractivity contribution in [1.29, 1.82) is 0 Å². The monoisotopic (exact) mass is 398 g/mol. The van der Waals surface area contributed by atoms with Gasteiger partial charge in [-0.2, -0.15) is 0 Å². The molecule has 0 spiro atoms. The van der Waals surface area contributed by atoms with Crippen LogP contribution < -0.4 is 0 Å². The summed E-state index contributed by atoms with van der Waals surface area (Å²) in [5, 5.41) is 0. The van der Waals surface area contributed by atoms with Crippen molar-refractivity contribution in [2.45, 2.75) is 150 Å². The van der Waals surface area contributed by atoms with E-state index in [-0.39, 0.29) is 5.79 Å². The van der Waals surface area contributed by atoms with Crippen LogP contribution in [0.15, 0.2) is 0 Å². The number of hydrogen-bond donors (Lipinski definition) is 0. The van der Waals surface area contributed by atoms with E-state index in [1.807, 2.05) is 0 Å². The van der Waals surface area contributed by atoms with Crippen molar-refractivity contribution in [3.63, 3.8) is 0 Å². The van der Waals surface area contributed by atoms with Gasteiger partial charge >= 0.3 is 0 Å². The second-order valence-corrected chi connectivity index (χ2v) is 8.59. The zero-order chi connectivity index (χ0) is 20.9. The van der Waals surface area contributed by atoms with E-state index in [2.05, 4.69) is 34.6 Å². The Morgan fingerprint density at radius 1 is 0.500 bits per heavy atom. The van der Waals surface area contributed by atoms with Gasteiger partial charge in [0.25, 0.3) is 0 Å². The molecule has 2 nitrogen and oxygen atoms in total. The molecule has 0 heterocycles. The van der Waals surface area contributed by atoms with Gasteiger partial charge in [-0.3, -0.25) is 0 Å². The van der Waals surface area contributed by atoms with Gasteiger partial charge in [0, 0.05) is 25.6 Å². The predicted molar refractivity (Wildman–Crippen MR) is 125 cm³/mol. The fraction of sp³-hybridized carbons (Fsp3) is 1.00. The van der Waals surface area contributed by atoms with E-state index in [1.54, 1.807) is 0 Å². The first-order valence-electron chi connectivity index (χ1n) is 13.0. The van der Waals surface area contributed by atoms with Crippen molar-refractivity contribution in [1.82, 2.24) is 0 Å². The fourth-order valence-electron chi connectivity index (χ4n) is 4.49. The van der Waals surface area contributed by atoms with E-state index >= 15 is 0 Å². The minimum atomic E-state index is -0.340. The van der Waals surface area contributed by atoms with Gasteiger partial charge in [-0.05, 0) is 33.1 Å². The molecule has 0 aliphatic carbocycles. The maximum absolute atomic E-state index is 6.44. The Labute approximate surface area is 178 Å². The molecule has 28 heavy (non-hydrogen) atoms. The third-order valence-electron chi connectivity index (χ3n) is 6.09. The highest BCUT2D eigenvalue weighted by atomic mass is 16.7. The average molecular weight is 399 g/mol. The molecular weight excluding hydrogens is 344 g/mol. The molecular formula is C26H54O2. The molecule has 0 aromatic rings. The van der Waals surface area contributed by atoms with Crippen molar-refractivity contribution in [3.8, 4) is 0 Å². The lowest BCUT2D eigenvalue weighted by Gasteiger charge is -2.41. The second kappa shape index (κ2) is 20.2. The van der Waals surface area contributed by atoms with Crippen molar-refractivity contribution in [3.05, 3.63) is 0 Å². The lowest BCUT2D eigenvalue weighted by atomic mass is 9.84. The first kappa shape index (κ1) is 27.9. The van der Waals surface area contributed by atoms with Crippen LogP contribution in [-0.2, 0) is 9.47 Å². The van der Waals surface area contributed by atoms with Crippen molar-refractivity contribution in [2.75, 3.05) is 13.2 Å². The molecule has 0 aliphatic heterocycles. The van der Waals surface area contributed by atoms with Crippen molar-refractivity contribution in [2.24, 2.45) is 5.92 Å². The third kappa shape index (κ3) is 13.2. The van der Waals surface area contributed by atoms with Gasteiger partial charge in [0.1, 0.15) is 0 Å². The van der Waals surface area contributed by atoms with E-state index in [0.717, 1.165) is 19.6 Å². The van der Waals surface area contributed by atoms with Crippen LogP contribution in [0, 0.1) is 5.92 Å². The fourth-order valence-corrected chi connectivity index (χ4v) is 4.49. The molecule has 0 amide bonds. The maximum Gasteiger partial charge on any atom is 0.171 e. The van der Waals surface area contributed by atoms with Crippen molar-refractivity contribution >= 4 is 0 Å². The van der Waals surface area contributed by atoms with Gasteiger partial charge < -0.3 is 9.47 Å². The minimum Gasteiger partial charge on any atom is -0.350 e. The molecule has 0 rings (SSSR count). The Bertz CT molecular complexity index is 297. The Morgan fingerprint density at radius 3 is 1.36 bits per heavy atom. The lowest BCUT2D eigenvalue weighted by molar-refractivity contribution is -0.270. The summed E-state index contributed by atoms with van der Waals surface area (Å²) in [5.74, 6) is 0.212. The molecule has 0 aromatic heterocycles. The topological polar surface area (TPSA) is 18.5 Å². The Morgan fingerprint density at radius 2 is 0.893 bits per heavy atom. The first-order valence-corrected chi connectivity index (χ1v) is 13.0. The molecule has 0 aromatic carbocycles. The Kier molecular flexibility index (Phi) is 20.1. The summed E-state index contributed by atoms with van der Waals surface area (Å²) in [4.78, 5) is 0. The largest absolute Gasteiger partial charge is 0.350 e. The van der Waals surface area contributed by atoms with E-state index in [1.165, 1.54) is 103 Å². The van der Waals surface area contributed by atoms with Gasteiger partial charge in [0.15, 0.2) is 5.79 Å². The third-order valence-corrected chi connectivity index (χ3v) is 6.09. The lowest BCUT2D eigenvalue weighted by Crippen LogP contribution is -2.44. The summed E-state index contributed by atoms with van der Waals surface area (Å²) in [6.45, 7) is 12.7. The molecule has 0 saturated heterocycles. The standard InChI is InChI=1S/C26H54O2/c1-6-11-14-17-18-20-23-25(22-19-15-12-7-2)26(27-9-4,28-10-5)24-21-16-13-8-3/h25H,6-24H2,1-5H3. The van der Waals surface area contributed by atoms with E-state index < -0.39 is 0 Å². The van der Waals surface area contributed by atoms with E-state index in [0.29, 0.717) is 5.92 Å². The molecule has 0 bridgehead atoms. The Balaban J connectivity index is 4.94. The van der Waals surface area contributed by atoms with Gasteiger partial charge in [-0.25, -0.2) is 0 Å². The molecule has 0 saturated carbocycles. The summed E-state index contributed by atoms with van der Waals surface area (Å²) < 4.78 is 12.9. The van der Waals surface area contributed by atoms with E-state index in [9.17, 15) is 0 Å².